The molecule has 5 atom stereocenters. The summed E-state index contributed by atoms with van der Waals surface area (Å²) in [5.74, 6) is -2.73. The molecule has 13 nitrogen and oxygen atoms in total. The van der Waals surface area contributed by atoms with Crippen LogP contribution in [0.1, 0.15) is 38.3 Å². The lowest BCUT2D eigenvalue weighted by Crippen LogP contribution is -2.59. The van der Waals surface area contributed by atoms with Gasteiger partial charge >= 0.3 is 0 Å². The monoisotopic (exact) mass is 644 g/mol. The Balaban J connectivity index is 1.32. The van der Waals surface area contributed by atoms with Gasteiger partial charge in [-0.15, -0.1) is 0 Å². The minimum Gasteiger partial charge on any atom is -0.394 e. The second kappa shape index (κ2) is 16.0. The van der Waals surface area contributed by atoms with Crippen LogP contribution in [-0.4, -0.2) is 81.8 Å². The summed E-state index contributed by atoms with van der Waals surface area (Å²) in [6, 6.07) is 9.69. The second-order valence-electron chi connectivity index (χ2n) is 12.1. The molecule has 4 aromatic rings. The lowest BCUT2D eigenvalue weighted by molar-refractivity contribution is -0.134. The predicted molar refractivity (Wildman–Crippen MR) is 178 cm³/mol. The van der Waals surface area contributed by atoms with Gasteiger partial charge in [0.2, 0.25) is 29.9 Å². The van der Waals surface area contributed by atoms with E-state index in [4.69, 9.17) is 5.73 Å². The van der Waals surface area contributed by atoms with Crippen LogP contribution in [0.15, 0.2) is 60.9 Å². The van der Waals surface area contributed by atoms with Crippen LogP contribution < -0.4 is 27.0 Å². The second-order valence-corrected chi connectivity index (χ2v) is 12.1. The fraction of sp³-hybridized carbons (Fsp3) is 0.382. The van der Waals surface area contributed by atoms with Crippen LogP contribution in [0.2, 0.25) is 0 Å². The first-order chi connectivity index (χ1) is 22.5. The van der Waals surface area contributed by atoms with E-state index in [0.717, 1.165) is 32.9 Å². The van der Waals surface area contributed by atoms with Gasteiger partial charge in [-0.3, -0.25) is 24.0 Å². The van der Waals surface area contributed by atoms with Crippen molar-refractivity contribution in [1.29, 1.82) is 0 Å². The molecule has 13 heteroatoms. The minimum absolute atomic E-state index is 0.0239. The molecular weight excluding hydrogens is 602 g/mol. The van der Waals surface area contributed by atoms with Crippen molar-refractivity contribution in [2.75, 3.05) is 6.61 Å². The van der Waals surface area contributed by atoms with Gasteiger partial charge in [-0.05, 0) is 48.9 Å². The first kappa shape index (κ1) is 34.9. The van der Waals surface area contributed by atoms with Crippen LogP contribution in [0.3, 0.4) is 0 Å². The van der Waals surface area contributed by atoms with E-state index in [1.54, 1.807) is 12.4 Å². The van der Waals surface area contributed by atoms with Crippen LogP contribution >= 0.6 is 0 Å². The lowest BCUT2D eigenvalue weighted by atomic mass is 10.0. The topological polar surface area (TPSA) is 211 Å². The van der Waals surface area contributed by atoms with Crippen LogP contribution in [0.4, 0.5) is 0 Å². The molecule has 2 aromatic heterocycles. The SMILES string of the molecule is CC(C)C[C@H](NC(=O)[C@H](CO)NC(=O)[C@H](C)NC(=O)[C@@H](N)Cc1c[nH]c2ccccc12)C(=O)N[C@H]([C]=O)Cc1c[nH]c2ccccc12. The van der Waals surface area contributed by atoms with E-state index < -0.39 is 60.4 Å². The third-order valence-electron chi connectivity index (χ3n) is 7.92. The fourth-order valence-corrected chi connectivity index (χ4v) is 5.40. The number of aliphatic hydroxyl groups is 1. The molecule has 2 aromatic carbocycles. The lowest BCUT2D eigenvalue weighted by Gasteiger charge is -2.25. The summed E-state index contributed by atoms with van der Waals surface area (Å²) in [6.07, 6.45) is 6.06. The van der Waals surface area contributed by atoms with Crippen LogP contribution in [0, 0.1) is 5.92 Å². The summed E-state index contributed by atoms with van der Waals surface area (Å²) < 4.78 is 0. The van der Waals surface area contributed by atoms with Gasteiger partial charge in [0.15, 0.2) is 0 Å². The molecule has 2 heterocycles. The van der Waals surface area contributed by atoms with Gasteiger partial charge in [-0.2, -0.15) is 0 Å². The first-order valence-electron chi connectivity index (χ1n) is 15.6. The van der Waals surface area contributed by atoms with Gasteiger partial charge in [0.05, 0.1) is 18.7 Å². The van der Waals surface area contributed by atoms with Gasteiger partial charge in [0.1, 0.15) is 18.1 Å². The zero-order chi connectivity index (χ0) is 34.1. The summed E-state index contributed by atoms with van der Waals surface area (Å²) in [4.78, 5) is 70.2. The average Bonchev–Trinajstić information content (AvgIpc) is 3.66. The third-order valence-corrected chi connectivity index (χ3v) is 7.92. The van der Waals surface area contributed by atoms with E-state index in [9.17, 15) is 29.1 Å². The molecule has 0 aliphatic heterocycles. The van der Waals surface area contributed by atoms with E-state index in [2.05, 4.69) is 31.2 Å². The van der Waals surface area contributed by atoms with Crippen LogP contribution in [0.5, 0.6) is 0 Å². The Morgan fingerprint density at radius 3 is 1.83 bits per heavy atom. The number of H-pyrrole nitrogens is 2. The molecule has 0 aliphatic carbocycles. The number of aliphatic hydroxyl groups excluding tert-OH is 1. The summed E-state index contributed by atoms with van der Waals surface area (Å²) >= 11 is 0. The average molecular weight is 645 g/mol. The van der Waals surface area contributed by atoms with Gasteiger partial charge < -0.3 is 42.1 Å². The number of carbonyl (C=O) groups excluding carboxylic acids is 5. The Morgan fingerprint density at radius 2 is 1.28 bits per heavy atom. The summed E-state index contributed by atoms with van der Waals surface area (Å²) in [6.45, 7) is 4.39. The molecule has 0 unspecified atom stereocenters. The summed E-state index contributed by atoms with van der Waals surface area (Å²) in [7, 11) is 0. The van der Waals surface area contributed by atoms with Crippen molar-refractivity contribution in [1.82, 2.24) is 31.2 Å². The quantitative estimate of drug-likeness (QED) is 0.0881. The highest BCUT2D eigenvalue weighted by Gasteiger charge is 2.30. The number of nitrogens with one attached hydrogen (secondary N) is 6. The van der Waals surface area contributed by atoms with E-state index in [-0.39, 0.29) is 25.2 Å². The zero-order valence-corrected chi connectivity index (χ0v) is 26.6. The molecule has 47 heavy (non-hydrogen) atoms. The zero-order valence-electron chi connectivity index (χ0n) is 26.6. The molecule has 249 valence electrons. The highest BCUT2D eigenvalue weighted by molar-refractivity contribution is 5.95. The van der Waals surface area contributed by atoms with Gasteiger partial charge in [-0.25, -0.2) is 0 Å². The number of aromatic nitrogens is 2. The number of aromatic amines is 2. The van der Waals surface area contributed by atoms with Crippen LogP contribution in [0.25, 0.3) is 21.8 Å². The van der Waals surface area contributed by atoms with Crippen LogP contribution in [-0.2, 0) is 36.8 Å². The number of rotatable bonds is 16. The Bertz CT molecular complexity index is 1710. The van der Waals surface area contributed by atoms with Crippen molar-refractivity contribution in [3.05, 3.63) is 72.1 Å². The maximum atomic E-state index is 13.3. The Hall–Kier alpha value is -5.01. The number of fused-ring (bicyclic) bond motifs is 2. The summed E-state index contributed by atoms with van der Waals surface area (Å²) in [5.41, 5.74) is 9.61. The van der Waals surface area contributed by atoms with Crippen molar-refractivity contribution >= 4 is 51.7 Å². The van der Waals surface area contributed by atoms with Gasteiger partial charge in [-0.1, -0.05) is 50.2 Å². The number of hydrogen-bond acceptors (Lipinski definition) is 7. The summed E-state index contributed by atoms with van der Waals surface area (Å²) in [5, 5.41) is 22.0. The largest absolute Gasteiger partial charge is 0.394 e. The normalized spacial score (nSPS) is 14.6. The fourth-order valence-electron chi connectivity index (χ4n) is 5.40. The smallest absolute Gasteiger partial charge is 0.245 e. The first-order valence-corrected chi connectivity index (χ1v) is 15.6. The number of carbonyl (C=O) groups is 4. The van der Waals surface area contributed by atoms with Crippen molar-refractivity contribution in [2.24, 2.45) is 11.7 Å². The number of para-hydroxylation sites is 2. The van der Waals surface area contributed by atoms with Crippen molar-refractivity contribution in [3.63, 3.8) is 0 Å². The molecule has 4 rings (SSSR count). The number of hydrogen-bond donors (Lipinski definition) is 8. The molecule has 9 N–H and O–H groups in total. The number of benzene rings is 2. The van der Waals surface area contributed by atoms with Gasteiger partial charge in [0.25, 0.3) is 0 Å². The maximum Gasteiger partial charge on any atom is 0.245 e. The van der Waals surface area contributed by atoms with E-state index >= 15 is 0 Å². The molecule has 0 spiro atoms. The standard InChI is InChI=1S/C34H42N7O6/c1-19(2)12-29(33(46)39-23(17-42)13-21-15-36-27-10-6-4-8-24(21)27)40-34(47)30(18-43)41-31(44)20(3)38-32(45)26(35)14-22-16-37-28-11-7-5-9-25(22)28/h4-11,15-16,19-20,23,26,29-30,36-37,43H,12-14,18,35H2,1-3H3,(H,38,45)(H,39,46)(H,40,47)(H,41,44)/t20-,23-,26-,29-,30-/m0/s1. The highest BCUT2D eigenvalue weighted by Crippen LogP contribution is 2.20. The minimum atomic E-state index is -1.41. The van der Waals surface area contributed by atoms with Crippen molar-refractivity contribution in [3.8, 4) is 0 Å². The molecule has 0 saturated heterocycles. The number of nitrogens with two attached hydrogens (primary N) is 1. The third kappa shape index (κ3) is 9.05. The molecule has 0 bridgehead atoms. The molecule has 0 fully saturated rings. The molecular formula is C34H42N7O6. The number of amides is 4. The molecule has 0 saturated carbocycles. The van der Waals surface area contributed by atoms with Crippen molar-refractivity contribution in [2.45, 2.75) is 70.2 Å². The highest BCUT2D eigenvalue weighted by atomic mass is 16.3. The van der Waals surface area contributed by atoms with E-state index in [1.807, 2.05) is 68.7 Å². The van der Waals surface area contributed by atoms with E-state index in [1.165, 1.54) is 6.92 Å². The van der Waals surface area contributed by atoms with Gasteiger partial charge in [0, 0.05) is 40.6 Å². The van der Waals surface area contributed by atoms with E-state index in [0.29, 0.717) is 0 Å². The molecule has 0 aliphatic rings. The predicted octanol–water partition coefficient (Wildman–Crippen LogP) is 0.869. The molecule has 1 radical (unpaired) electrons. The molecule has 4 amide bonds. The van der Waals surface area contributed by atoms with Crippen molar-refractivity contribution < 1.29 is 29.1 Å². The Morgan fingerprint density at radius 1 is 0.745 bits per heavy atom. The Labute approximate surface area is 272 Å². The Kier molecular flexibility index (Phi) is 11.9. The maximum absolute atomic E-state index is 13.3.